The fourth-order valence-electron chi connectivity index (χ4n) is 3.06. The van der Waals surface area contributed by atoms with E-state index >= 15 is 0 Å². The number of amides is 2. The third-order valence-electron chi connectivity index (χ3n) is 4.42. The molecule has 0 unspecified atom stereocenters. The van der Waals surface area contributed by atoms with Gasteiger partial charge in [-0.25, -0.2) is 0 Å². The molecule has 1 saturated heterocycles. The summed E-state index contributed by atoms with van der Waals surface area (Å²) in [4.78, 5) is 39.4. The van der Waals surface area contributed by atoms with Gasteiger partial charge in [-0.2, -0.15) is 8.78 Å². The molecule has 0 saturated carbocycles. The number of halogens is 2. The average molecular weight is 407 g/mol. The summed E-state index contributed by atoms with van der Waals surface area (Å²) in [7, 11) is 1.49. The van der Waals surface area contributed by atoms with Gasteiger partial charge in [0, 0.05) is 31.2 Å². The molecule has 1 aromatic heterocycles. The van der Waals surface area contributed by atoms with Gasteiger partial charge in [-0.05, 0) is 31.0 Å². The number of nitrogens with one attached hydrogen (secondary N) is 1. The van der Waals surface area contributed by atoms with Crippen LogP contribution in [-0.4, -0.2) is 40.1 Å². The number of hydrogen-bond acceptors (Lipinski definition) is 4. The molecule has 6 nitrogen and oxygen atoms in total. The van der Waals surface area contributed by atoms with E-state index in [-0.39, 0.29) is 39.4 Å². The molecule has 28 heavy (non-hydrogen) atoms. The molecule has 148 valence electrons. The molecule has 1 aliphatic heterocycles. The zero-order valence-corrected chi connectivity index (χ0v) is 16.0. The van der Waals surface area contributed by atoms with Crippen LogP contribution in [0.3, 0.4) is 0 Å². The largest absolute Gasteiger partial charge is 0.339 e. The van der Waals surface area contributed by atoms with Crippen molar-refractivity contribution in [1.29, 1.82) is 0 Å². The van der Waals surface area contributed by atoms with Crippen molar-refractivity contribution in [2.45, 2.75) is 23.5 Å². The standard InChI is InChI=1S/C19H19F2N3O3S/c1-23-11-12(17(26)24-8-4-5-9-24)10-14(18(23)27)22-16(25)13-6-2-3-7-15(13)28-19(20)21/h2-3,6-7,10-11,19H,4-5,8-9H2,1H3,(H,22,25). The highest BCUT2D eigenvalue weighted by atomic mass is 32.2. The molecule has 1 aromatic carbocycles. The number of anilines is 1. The molecule has 1 aliphatic rings. The maximum absolute atomic E-state index is 12.7. The molecule has 9 heteroatoms. The molecule has 0 atom stereocenters. The van der Waals surface area contributed by atoms with E-state index in [1.54, 1.807) is 17.0 Å². The van der Waals surface area contributed by atoms with E-state index in [1.807, 2.05) is 0 Å². The van der Waals surface area contributed by atoms with Gasteiger partial charge in [0.05, 0.1) is 11.1 Å². The quantitative estimate of drug-likeness (QED) is 0.773. The van der Waals surface area contributed by atoms with Crippen LogP contribution in [0.1, 0.15) is 33.6 Å². The third kappa shape index (κ3) is 4.41. The fraction of sp³-hybridized carbons (Fsp3) is 0.316. The summed E-state index contributed by atoms with van der Waals surface area (Å²) in [5.74, 6) is -3.58. The number of thioether (sulfide) groups is 1. The molecule has 2 heterocycles. The first-order valence-electron chi connectivity index (χ1n) is 8.72. The number of likely N-dealkylation sites (tertiary alicyclic amines) is 1. The minimum atomic E-state index is -2.68. The third-order valence-corrected chi connectivity index (χ3v) is 5.21. The van der Waals surface area contributed by atoms with Crippen LogP contribution in [-0.2, 0) is 7.05 Å². The number of alkyl halides is 2. The molecule has 0 radical (unpaired) electrons. The van der Waals surface area contributed by atoms with Crippen molar-refractivity contribution in [3.05, 3.63) is 58.0 Å². The first kappa shape index (κ1) is 20.1. The van der Waals surface area contributed by atoms with Crippen LogP contribution in [0.15, 0.2) is 46.2 Å². The second-order valence-corrected chi connectivity index (χ2v) is 7.42. The Balaban J connectivity index is 1.89. The Labute approximate surface area is 164 Å². The molecule has 0 spiro atoms. The van der Waals surface area contributed by atoms with Crippen molar-refractivity contribution in [3.63, 3.8) is 0 Å². The molecule has 0 aliphatic carbocycles. The highest BCUT2D eigenvalue weighted by molar-refractivity contribution is 7.99. The van der Waals surface area contributed by atoms with Crippen molar-refractivity contribution >= 4 is 29.3 Å². The fourth-order valence-corrected chi connectivity index (χ4v) is 3.70. The van der Waals surface area contributed by atoms with Crippen molar-refractivity contribution in [2.75, 3.05) is 18.4 Å². The van der Waals surface area contributed by atoms with E-state index in [1.165, 1.54) is 36.0 Å². The smallest absolute Gasteiger partial charge is 0.288 e. The monoisotopic (exact) mass is 407 g/mol. The lowest BCUT2D eigenvalue weighted by Crippen LogP contribution is -2.31. The second-order valence-electron chi connectivity index (χ2n) is 6.39. The number of benzene rings is 1. The number of aryl methyl sites for hydroxylation is 1. The number of carbonyl (C=O) groups excluding carboxylic acids is 2. The van der Waals surface area contributed by atoms with Gasteiger partial charge in [-0.15, -0.1) is 0 Å². The minimum Gasteiger partial charge on any atom is -0.339 e. The first-order chi connectivity index (χ1) is 13.4. The van der Waals surface area contributed by atoms with E-state index in [2.05, 4.69) is 5.32 Å². The van der Waals surface area contributed by atoms with E-state index in [0.717, 1.165) is 12.8 Å². The van der Waals surface area contributed by atoms with E-state index < -0.39 is 17.2 Å². The van der Waals surface area contributed by atoms with Gasteiger partial charge in [0.2, 0.25) is 0 Å². The van der Waals surface area contributed by atoms with E-state index in [9.17, 15) is 23.2 Å². The Morgan fingerprint density at radius 1 is 1.18 bits per heavy atom. The van der Waals surface area contributed by atoms with Crippen LogP contribution in [0.25, 0.3) is 0 Å². The van der Waals surface area contributed by atoms with Crippen molar-refractivity contribution in [1.82, 2.24) is 9.47 Å². The van der Waals surface area contributed by atoms with Gasteiger partial charge >= 0.3 is 0 Å². The number of hydrogen-bond donors (Lipinski definition) is 1. The van der Waals surface area contributed by atoms with Crippen molar-refractivity contribution in [2.24, 2.45) is 7.05 Å². The maximum Gasteiger partial charge on any atom is 0.288 e. The summed E-state index contributed by atoms with van der Waals surface area (Å²) in [5.41, 5.74) is -0.250. The first-order valence-corrected chi connectivity index (χ1v) is 9.60. The van der Waals surface area contributed by atoms with Gasteiger partial charge < -0.3 is 14.8 Å². The van der Waals surface area contributed by atoms with Crippen LogP contribution < -0.4 is 10.9 Å². The SMILES string of the molecule is Cn1cc(C(=O)N2CCCC2)cc(NC(=O)c2ccccc2SC(F)F)c1=O. The summed E-state index contributed by atoms with van der Waals surface area (Å²) < 4.78 is 26.7. The van der Waals surface area contributed by atoms with Gasteiger partial charge in [0.1, 0.15) is 5.69 Å². The summed E-state index contributed by atoms with van der Waals surface area (Å²) in [6.07, 6.45) is 3.29. The van der Waals surface area contributed by atoms with Crippen LogP contribution in [0.4, 0.5) is 14.5 Å². The van der Waals surface area contributed by atoms with Crippen LogP contribution in [0.2, 0.25) is 0 Å². The zero-order valence-electron chi connectivity index (χ0n) is 15.2. The van der Waals surface area contributed by atoms with Gasteiger partial charge in [-0.1, -0.05) is 23.9 Å². The number of carbonyl (C=O) groups is 2. The Kier molecular flexibility index (Phi) is 6.13. The lowest BCUT2D eigenvalue weighted by Gasteiger charge is -2.17. The normalized spacial score (nSPS) is 13.8. The number of rotatable bonds is 5. The molecule has 3 rings (SSSR count). The van der Waals surface area contributed by atoms with Crippen LogP contribution in [0.5, 0.6) is 0 Å². The topological polar surface area (TPSA) is 71.4 Å². The Morgan fingerprint density at radius 2 is 1.86 bits per heavy atom. The Morgan fingerprint density at radius 3 is 2.54 bits per heavy atom. The minimum absolute atomic E-state index is 0.0334. The Hall–Kier alpha value is -2.68. The highest BCUT2D eigenvalue weighted by Crippen LogP contribution is 2.28. The predicted molar refractivity (Wildman–Crippen MR) is 103 cm³/mol. The summed E-state index contributed by atoms with van der Waals surface area (Å²) in [6, 6.07) is 7.26. The molecular formula is C19H19F2N3O3S. The van der Waals surface area contributed by atoms with Crippen molar-refractivity contribution in [3.8, 4) is 0 Å². The van der Waals surface area contributed by atoms with Crippen LogP contribution in [0, 0.1) is 0 Å². The van der Waals surface area contributed by atoms with Gasteiger partial charge in [-0.3, -0.25) is 14.4 Å². The average Bonchev–Trinajstić information content (AvgIpc) is 3.19. The van der Waals surface area contributed by atoms with Crippen molar-refractivity contribution < 1.29 is 18.4 Å². The van der Waals surface area contributed by atoms with E-state index in [0.29, 0.717) is 13.1 Å². The zero-order chi connectivity index (χ0) is 20.3. The molecule has 2 aromatic rings. The number of aromatic nitrogens is 1. The number of pyridine rings is 1. The summed E-state index contributed by atoms with van der Waals surface area (Å²) >= 11 is 0.258. The predicted octanol–water partition coefficient (Wildman–Crippen LogP) is 3.19. The summed E-state index contributed by atoms with van der Waals surface area (Å²) in [5, 5.41) is 2.47. The maximum atomic E-state index is 12.7. The lowest BCUT2D eigenvalue weighted by atomic mass is 10.2. The molecule has 1 N–H and O–H groups in total. The molecule has 0 bridgehead atoms. The summed E-state index contributed by atoms with van der Waals surface area (Å²) in [6.45, 7) is 1.31. The van der Waals surface area contributed by atoms with Gasteiger partial charge in [0.15, 0.2) is 0 Å². The molecule has 2 amide bonds. The lowest BCUT2D eigenvalue weighted by molar-refractivity contribution is 0.0791. The van der Waals surface area contributed by atoms with Crippen LogP contribution >= 0.6 is 11.8 Å². The highest BCUT2D eigenvalue weighted by Gasteiger charge is 2.22. The molecule has 1 fully saturated rings. The second kappa shape index (κ2) is 8.55. The number of nitrogens with zero attached hydrogens (tertiary/aromatic N) is 2. The Bertz CT molecular complexity index is 956. The molecular weight excluding hydrogens is 388 g/mol. The van der Waals surface area contributed by atoms with Gasteiger partial charge in [0.25, 0.3) is 23.1 Å². The van der Waals surface area contributed by atoms with E-state index in [4.69, 9.17) is 0 Å².